The molecule has 0 saturated heterocycles. The van der Waals surface area contributed by atoms with Gasteiger partial charge in [0.2, 0.25) is 11.8 Å². The van der Waals surface area contributed by atoms with Crippen LogP contribution in [-0.2, 0) is 26.2 Å². The number of benzene rings is 3. The summed E-state index contributed by atoms with van der Waals surface area (Å²) in [6.07, 6.45) is 0. The van der Waals surface area contributed by atoms with Gasteiger partial charge in [0.15, 0.2) is 0 Å². The molecule has 0 aliphatic carbocycles. The van der Waals surface area contributed by atoms with E-state index >= 15 is 0 Å². The third-order valence-electron chi connectivity index (χ3n) is 5.69. The molecule has 1 unspecified atom stereocenters. The van der Waals surface area contributed by atoms with Gasteiger partial charge in [-0.1, -0.05) is 71.2 Å². The first-order valence-corrected chi connectivity index (χ1v) is 14.3. The molecular formula is C27H28Cl3N3O4S. The Morgan fingerprint density at radius 1 is 0.868 bits per heavy atom. The zero-order valence-electron chi connectivity index (χ0n) is 21.1. The molecule has 3 aromatic carbocycles. The molecule has 3 aromatic rings. The van der Waals surface area contributed by atoms with Gasteiger partial charge < -0.3 is 10.2 Å². The quantitative estimate of drug-likeness (QED) is 0.321. The number of hydrogen-bond donors (Lipinski definition) is 1. The molecule has 0 heterocycles. The summed E-state index contributed by atoms with van der Waals surface area (Å²) in [5, 5.41) is 3.57. The van der Waals surface area contributed by atoms with Crippen LogP contribution in [0.1, 0.15) is 26.3 Å². The number of hydrogen-bond acceptors (Lipinski definition) is 4. The Morgan fingerprint density at radius 2 is 1.50 bits per heavy atom. The maximum atomic E-state index is 13.9. The lowest BCUT2D eigenvalue weighted by Gasteiger charge is -2.32. The summed E-state index contributed by atoms with van der Waals surface area (Å²) in [7, 11) is -4.23. The van der Waals surface area contributed by atoms with E-state index in [0.29, 0.717) is 15.6 Å². The number of amides is 2. The highest BCUT2D eigenvalue weighted by Crippen LogP contribution is 2.33. The van der Waals surface area contributed by atoms with Crippen LogP contribution in [0, 0.1) is 0 Å². The number of carbonyl (C=O) groups is 2. The maximum Gasteiger partial charge on any atom is 0.264 e. The van der Waals surface area contributed by atoms with Crippen LogP contribution in [0.25, 0.3) is 0 Å². The zero-order valence-corrected chi connectivity index (χ0v) is 24.2. The third kappa shape index (κ3) is 7.20. The number of nitrogens with one attached hydrogen (secondary N) is 1. The van der Waals surface area contributed by atoms with E-state index < -0.39 is 28.5 Å². The van der Waals surface area contributed by atoms with E-state index in [1.165, 1.54) is 35.2 Å². The molecule has 0 radical (unpaired) electrons. The second kappa shape index (κ2) is 12.8. The number of sulfonamides is 1. The fourth-order valence-electron chi connectivity index (χ4n) is 3.71. The van der Waals surface area contributed by atoms with E-state index in [1.807, 2.05) is 13.8 Å². The minimum Gasteiger partial charge on any atom is -0.352 e. The maximum absolute atomic E-state index is 13.9. The summed E-state index contributed by atoms with van der Waals surface area (Å²) in [4.78, 5) is 28.1. The molecule has 1 atom stereocenters. The van der Waals surface area contributed by atoms with E-state index in [2.05, 4.69) is 5.32 Å². The van der Waals surface area contributed by atoms with Gasteiger partial charge in [-0.05, 0) is 62.7 Å². The molecule has 38 heavy (non-hydrogen) atoms. The van der Waals surface area contributed by atoms with Crippen LogP contribution in [0.4, 0.5) is 5.69 Å². The van der Waals surface area contributed by atoms with Crippen molar-refractivity contribution in [3.8, 4) is 0 Å². The van der Waals surface area contributed by atoms with E-state index in [4.69, 9.17) is 34.8 Å². The Kier molecular flexibility index (Phi) is 10.1. The fourth-order valence-corrected chi connectivity index (χ4v) is 5.92. The first-order valence-electron chi connectivity index (χ1n) is 11.8. The average Bonchev–Trinajstić information content (AvgIpc) is 2.86. The molecule has 3 rings (SSSR count). The SMILES string of the molecule is CC(C)NC(=O)C(C)N(Cc1ccccc1Cl)C(=O)CN(c1ccc(Cl)cc1Cl)S(=O)(=O)c1ccccc1. The fraction of sp³-hybridized carbons (Fsp3) is 0.259. The van der Waals surface area contributed by atoms with Gasteiger partial charge in [-0.3, -0.25) is 13.9 Å². The molecule has 11 heteroatoms. The van der Waals surface area contributed by atoms with Gasteiger partial charge in [-0.25, -0.2) is 8.42 Å². The lowest BCUT2D eigenvalue weighted by Crippen LogP contribution is -2.52. The van der Waals surface area contributed by atoms with Gasteiger partial charge in [0.1, 0.15) is 12.6 Å². The summed E-state index contributed by atoms with van der Waals surface area (Å²) in [5.41, 5.74) is 0.680. The topological polar surface area (TPSA) is 86.8 Å². The molecule has 2 amide bonds. The second-order valence-corrected chi connectivity index (χ2v) is 12.0. The summed E-state index contributed by atoms with van der Waals surface area (Å²) in [5.74, 6) is -1.01. The van der Waals surface area contributed by atoms with Crippen molar-refractivity contribution >= 4 is 62.3 Å². The van der Waals surface area contributed by atoms with Crippen LogP contribution in [0.3, 0.4) is 0 Å². The molecule has 1 N–H and O–H groups in total. The molecular weight excluding hydrogens is 569 g/mol. The van der Waals surface area contributed by atoms with Gasteiger partial charge >= 0.3 is 0 Å². The Labute approximate surface area is 238 Å². The van der Waals surface area contributed by atoms with E-state index in [9.17, 15) is 18.0 Å². The standard InChI is InChI=1S/C27H28Cl3N3O4S/c1-18(2)31-27(35)19(3)32(16-20-9-7-8-12-23(20)29)26(34)17-33(25-14-13-21(28)15-24(25)30)38(36,37)22-10-5-4-6-11-22/h4-15,18-19H,16-17H2,1-3H3,(H,31,35). The minimum absolute atomic E-state index is 0.0151. The molecule has 0 spiro atoms. The highest BCUT2D eigenvalue weighted by atomic mass is 35.5. The van der Waals surface area contributed by atoms with Crippen LogP contribution in [0.15, 0.2) is 77.7 Å². The zero-order chi connectivity index (χ0) is 28.0. The monoisotopic (exact) mass is 595 g/mol. The normalized spacial score (nSPS) is 12.2. The Bertz CT molecular complexity index is 1400. The van der Waals surface area contributed by atoms with Gasteiger partial charge in [0.05, 0.1) is 15.6 Å². The van der Waals surface area contributed by atoms with Crippen molar-refractivity contribution in [1.29, 1.82) is 0 Å². The highest BCUT2D eigenvalue weighted by molar-refractivity contribution is 7.92. The number of rotatable bonds is 10. The van der Waals surface area contributed by atoms with Gasteiger partial charge in [0, 0.05) is 22.6 Å². The van der Waals surface area contributed by atoms with Crippen LogP contribution >= 0.6 is 34.8 Å². The van der Waals surface area contributed by atoms with Crippen LogP contribution in [-0.4, -0.2) is 43.8 Å². The average molecular weight is 597 g/mol. The molecule has 0 aliphatic heterocycles. The van der Waals surface area contributed by atoms with Crippen LogP contribution < -0.4 is 9.62 Å². The van der Waals surface area contributed by atoms with Crippen LogP contribution in [0.5, 0.6) is 0 Å². The Hall–Kier alpha value is -2.78. The van der Waals surface area contributed by atoms with E-state index in [-0.39, 0.29) is 34.1 Å². The van der Waals surface area contributed by atoms with Crippen molar-refractivity contribution in [2.75, 3.05) is 10.8 Å². The number of nitrogens with zero attached hydrogens (tertiary/aromatic N) is 2. The second-order valence-electron chi connectivity index (χ2n) is 8.87. The Balaban J connectivity index is 2.07. The molecule has 0 fully saturated rings. The van der Waals surface area contributed by atoms with Crippen molar-refractivity contribution < 1.29 is 18.0 Å². The summed E-state index contributed by atoms with van der Waals surface area (Å²) in [6, 6.07) is 17.9. The van der Waals surface area contributed by atoms with Crippen LogP contribution in [0.2, 0.25) is 15.1 Å². The lowest BCUT2D eigenvalue weighted by atomic mass is 10.1. The largest absolute Gasteiger partial charge is 0.352 e. The van der Waals surface area contributed by atoms with Crippen molar-refractivity contribution in [3.63, 3.8) is 0 Å². The predicted octanol–water partition coefficient (Wildman–Crippen LogP) is 5.78. The number of halogens is 3. The molecule has 0 saturated carbocycles. The highest BCUT2D eigenvalue weighted by Gasteiger charge is 2.33. The van der Waals surface area contributed by atoms with Gasteiger partial charge in [0.25, 0.3) is 10.0 Å². The number of carbonyl (C=O) groups excluding carboxylic acids is 2. The van der Waals surface area contributed by atoms with E-state index in [0.717, 1.165) is 4.31 Å². The van der Waals surface area contributed by atoms with Crippen molar-refractivity contribution in [2.45, 2.75) is 44.3 Å². The van der Waals surface area contributed by atoms with Crippen molar-refractivity contribution in [1.82, 2.24) is 10.2 Å². The Morgan fingerprint density at radius 3 is 2.11 bits per heavy atom. The van der Waals surface area contributed by atoms with Crippen molar-refractivity contribution in [3.05, 3.63) is 93.4 Å². The summed E-state index contributed by atoms with van der Waals surface area (Å²) >= 11 is 18.8. The molecule has 0 aromatic heterocycles. The molecule has 0 aliphatic rings. The summed E-state index contributed by atoms with van der Waals surface area (Å²) in [6.45, 7) is 4.56. The van der Waals surface area contributed by atoms with Crippen molar-refractivity contribution in [2.24, 2.45) is 0 Å². The first-order chi connectivity index (χ1) is 17.9. The lowest BCUT2D eigenvalue weighted by molar-refractivity contribution is -0.139. The minimum atomic E-state index is -4.23. The van der Waals surface area contributed by atoms with E-state index in [1.54, 1.807) is 49.4 Å². The first kappa shape index (κ1) is 29.8. The number of anilines is 1. The molecule has 0 bridgehead atoms. The predicted molar refractivity (Wildman–Crippen MR) is 152 cm³/mol. The van der Waals surface area contributed by atoms with Gasteiger partial charge in [-0.15, -0.1) is 0 Å². The smallest absolute Gasteiger partial charge is 0.264 e. The summed E-state index contributed by atoms with van der Waals surface area (Å²) < 4.78 is 28.4. The molecule has 7 nitrogen and oxygen atoms in total. The molecule has 202 valence electrons. The van der Waals surface area contributed by atoms with Gasteiger partial charge in [-0.2, -0.15) is 0 Å². The third-order valence-corrected chi connectivity index (χ3v) is 8.37.